The van der Waals surface area contributed by atoms with E-state index in [9.17, 15) is 0 Å². The molecule has 0 spiro atoms. The van der Waals surface area contributed by atoms with Crippen LogP contribution < -0.4 is 5.32 Å². The third-order valence-corrected chi connectivity index (χ3v) is 2.68. The largest absolute Gasteiger partial charge is 0.385 e. The van der Waals surface area contributed by atoms with Gasteiger partial charge >= 0.3 is 0 Å². The van der Waals surface area contributed by atoms with Crippen LogP contribution in [0.25, 0.3) is 0 Å². The molecule has 0 bridgehead atoms. The lowest BCUT2D eigenvalue weighted by molar-refractivity contribution is 0.103. The van der Waals surface area contributed by atoms with Crippen molar-refractivity contribution in [2.75, 3.05) is 33.5 Å². The van der Waals surface area contributed by atoms with E-state index in [1.807, 2.05) is 0 Å². The highest BCUT2D eigenvalue weighted by atomic mass is 16.5. The van der Waals surface area contributed by atoms with Gasteiger partial charge in [0.15, 0.2) is 0 Å². The van der Waals surface area contributed by atoms with E-state index in [0.29, 0.717) is 6.04 Å². The van der Waals surface area contributed by atoms with Crippen molar-refractivity contribution in [1.82, 2.24) is 5.32 Å². The Balaban J connectivity index is 1.75. The SMILES string of the molecule is COCCCOCCNC(C)C1CC1. The molecule has 1 aliphatic carbocycles. The monoisotopic (exact) mass is 201 g/mol. The molecule has 0 aromatic rings. The van der Waals surface area contributed by atoms with Gasteiger partial charge in [0.2, 0.25) is 0 Å². The Kier molecular flexibility index (Phi) is 6.15. The lowest BCUT2D eigenvalue weighted by Gasteiger charge is -2.12. The second-order valence-electron chi connectivity index (χ2n) is 4.04. The highest BCUT2D eigenvalue weighted by Crippen LogP contribution is 2.32. The van der Waals surface area contributed by atoms with Gasteiger partial charge in [0.25, 0.3) is 0 Å². The van der Waals surface area contributed by atoms with Crippen LogP contribution in [0.1, 0.15) is 26.2 Å². The summed E-state index contributed by atoms with van der Waals surface area (Å²) in [4.78, 5) is 0. The zero-order chi connectivity index (χ0) is 10.2. The van der Waals surface area contributed by atoms with Gasteiger partial charge in [-0.05, 0) is 32.1 Å². The molecule has 84 valence electrons. The van der Waals surface area contributed by atoms with Gasteiger partial charge < -0.3 is 14.8 Å². The quantitative estimate of drug-likeness (QED) is 0.572. The van der Waals surface area contributed by atoms with Crippen LogP contribution in [0.4, 0.5) is 0 Å². The summed E-state index contributed by atoms with van der Waals surface area (Å²) in [7, 11) is 1.72. The van der Waals surface area contributed by atoms with Gasteiger partial charge in [-0.25, -0.2) is 0 Å². The first kappa shape index (κ1) is 12.0. The van der Waals surface area contributed by atoms with Crippen molar-refractivity contribution in [3.8, 4) is 0 Å². The fourth-order valence-corrected chi connectivity index (χ4v) is 1.53. The molecular weight excluding hydrogens is 178 g/mol. The summed E-state index contributed by atoms with van der Waals surface area (Å²) >= 11 is 0. The fraction of sp³-hybridized carbons (Fsp3) is 1.00. The van der Waals surface area contributed by atoms with Crippen LogP contribution >= 0.6 is 0 Å². The summed E-state index contributed by atoms with van der Waals surface area (Å²) in [6.07, 6.45) is 3.81. The highest BCUT2D eigenvalue weighted by molar-refractivity contribution is 4.82. The lowest BCUT2D eigenvalue weighted by atomic mass is 10.2. The van der Waals surface area contributed by atoms with E-state index < -0.39 is 0 Å². The Morgan fingerprint density at radius 3 is 2.71 bits per heavy atom. The molecule has 1 aliphatic rings. The summed E-state index contributed by atoms with van der Waals surface area (Å²) in [5.74, 6) is 0.934. The minimum absolute atomic E-state index is 0.678. The predicted octanol–water partition coefficient (Wildman–Crippen LogP) is 1.43. The smallest absolute Gasteiger partial charge is 0.0591 e. The summed E-state index contributed by atoms with van der Waals surface area (Å²) in [5, 5.41) is 3.48. The van der Waals surface area contributed by atoms with Crippen molar-refractivity contribution in [1.29, 1.82) is 0 Å². The van der Waals surface area contributed by atoms with Gasteiger partial charge in [-0.15, -0.1) is 0 Å². The first-order valence-electron chi connectivity index (χ1n) is 5.64. The summed E-state index contributed by atoms with van der Waals surface area (Å²) in [6.45, 7) is 5.67. The Bertz CT molecular complexity index is 137. The highest BCUT2D eigenvalue weighted by Gasteiger charge is 2.26. The number of methoxy groups -OCH3 is 1. The molecular formula is C11H23NO2. The zero-order valence-corrected chi connectivity index (χ0v) is 9.42. The van der Waals surface area contributed by atoms with Crippen molar-refractivity contribution in [2.24, 2.45) is 5.92 Å². The molecule has 1 rings (SSSR count). The Morgan fingerprint density at radius 1 is 1.29 bits per heavy atom. The molecule has 0 radical (unpaired) electrons. The predicted molar refractivity (Wildman–Crippen MR) is 57.5 cm³/mol. The molecule has 14 heavy (non-hydrogen) atoms. The molecule has 1 atom stereocenters. The van der Waals surface area contributed by atoms with Gasteiger partial charge in [0, 0.05) is 32.9 Å². The zero-order valence-electron chi connectivity index (χ0n) is 9.42. The molecule has 0 heterocycles. The standard InChI is InChI=1S/C11H23NO2/c1-10(11-4-5-11)12-6-9-14-8-3-7-13-2/h10-12H,3-9H2,1-2H3. The number of hydrogen-bond acceptors (Lipinski definition) is 3. The van der Waals surface area contributed by atoms with Gasteiger partial charge in [-0.1, -0.05) is 0 Å². The van der Waals surface area contributed by atoms with Gasteiger partial charge in [0.1, 0.15) is 0 Å². The van der Waals surface area contributed by atoms with Crippen LogP contribution in [-0.2, 0) is 9.47 Å². The maximum atomic E-state index is 5.44. The maximum Gasteiger partial charge on any atom is 0.0591 e. The third kappa shape index (κ3) is 5.58. The van der Waals surface area contributed by atoms with Gasteiger partial charge in [0.05, 0.1) is 6.61 Å². The normalized spacial score (nSPS) is 18.4. The van der Waals surface area contributed by atoms with E-state index >= 15 is 0 Å². The van der Waals surface area contributed by atoms with Crippen LogP contribution in [0.5, 0.6) is 0 Å². The first-order valence-corrected chi connectivity index (χ1v) is 5.64. The molecule has 3 heteroatoms. The molecule has 1 saturated carbocycles. The number of nitrogens with one attached hydrogen (secondary N) is 1. The lowest BCUT2D eigenvalue weighted by Crippen LogP contribution is -2.31. The molecule has 0 aromatic heterocycles. The van der Waals surface area contributed by atoms with Crippen LogP contribution in [0.15, 0.2) is 0 Å². The van der Waals surface area contributed by atoms with Crippen molar-refractivity contribution in [3.63, 3.8) is 0 Å². The number of rotatable bonds is 9. The topological polar surface area (TPSA) is 30.5 Å². The number of hydrogen-bond donors (Lipinski definition) is 1. The van der Waals surface area contributed by atoms with Crippen molar-refractivity contribution in [3.05, 3.63) is 0 Å². The summed E-state index contributed by atoms with van der Waals surface area (Å²) < 4.78 is 10.4. The second-order valence-corrected chi connectivity index (χ2v) is 4.04. The van der Waals surface area contributed by atoms with E-state index in [1.54, 1.807) is 7.11 Å². The van der Waals surface area contributed by atoms with E-state index in [2.05, 4.69) is 12.2 Å². The Labute approximate surface area is 87.2 Å². The second kappa shape index (κ2) is 7.21. The first-order chi connectivity index (χ1) is 6.84. The van der Waals surface area contributed by atoms with Crippen LogP contribution in [0.3, 0.4) is 0 Å². The Morgan fingerprint density at radius 2 is 2.07 bits per heavy atom. The minimum atomic E-state index is 0.678. The third-order valence-electron chi connectivity index (χ3n) is 2.68. The number of ether oxygens (including phenoxy) is 2. The molecule has 1 N–H and O–H groups in total. The van der Waals surface area contributed by atoms with Crippen molar-refractivity contribution < 1.29 is 9.47 Å². The van der Waals surface area contributed by atoms with E-state index in [4.69, 9.17) is 9.47 Å². The fourth-order valence-electron chi connectivity index (χ4n) is 1.53. The minimum Gasteiger partial charge on any atom is -0.385 e. The van der Waals surface area contributed by atoms with Crippen LogP contribution in [0, 0.1) is 5.92 Å². The molecule has 0 amide bonds. The summed E-state index contributed by atoms with van der Waals surface area (Å²) in [6, 6.07) is 0.678. The summed E-state index contributed by atoms with van der Waals surface area (Å²) in [5.41, 5.74) is 0. The van der Waals surface area contributed by atoms with Crippen molar-refractivity contribution in [2.45, 2.75) is 32.2 Å². The van der Waals surface area contributed by atoms with E-state index in [0.717, 1.165) is 38.7 Å². The Hall–Kier alpha value is -0.120. The van der Waals surface area contributed by atoms with Gasteiger partial charge in [-0.3, -0.25) is 0 Å². The molecule has 1 unspecified atom stereocenters. The molecule has 0 aromatic carbocycles. The van der Waals surface area contributed by atoms with Crippen LogP contribution in [-0.4, -0.2) is 39.5 Å². The maximum absolute atomic E-state index is 5.44. The molecule has 1 fully saturated rings. The van der Waals surface area contributed by atoms with E-state index in [1.165, 1.54) is 12.8 Å². The molecule has 0 saturated heterocycles. The molecule has 0 aliphatic heterocycles. The average Bonchev–Trinajstić information content (AvgIpc) is 2.99. The van der Waals surface area contributed by atoms with Crippen LogP contribution in [0.2, 0.25) is 0 Å². The average molecular weight is 201 g/mol. The van der Waals surface area contributed by atoms with E-state index in [-0.39, 0.29) is 0 Å². The van der Waals surface area contributed by atoms with Gasteiger partial charge in [-0.2, -0.15) is 0 Å². The van der Waals surface area contributed by atoms with Crippen molar-refractivity contribution >= 4 is 0 Å². The molecule has 3 nitrogen and oxygen atoms in total.